The highest BCUT2D eigenvalue weighted by molar-refractivity contribution is 5.55. The van der Waals surface area contributed by atoms with E-state index in [9.17, 15) is 10.2 Å². The van der Waals surface area contributed by atoms with Crippen molar-refractivity contribution in [3.63, 3.8) is 0 Å². The highest BCUT2D eigenvalue weighted by Crippen LogP contribution is 2.58. The Morgan fingerprint density at radius 1 is 1.22 bits per heavy atom. The van der Waals surface area contributed by atoms with Crippen LogP contribution in [0.5, 0.6) is 11.5 Å². The number of ether oxygens (including phenoxy) is 1. The number of aliphatic hydroxyl groups is 1. The molecule has 0 unspecified atom stereocenters. The van der Waals surface area contributed by atoms with Gasteiger partial charge in [0, 0.05) is 24.1 Å². The molecule has 2 heterocycles. The van der Waals surface area contributed by atoms with E-state index < -0.39 is 6.10 Å². The molecule has 124 valence electrons. The molecule has 1 spiro atoms. The maximum absolute atomic E-state index is 10.6. The minimum Gasteiger partial charge on any atom is -0.504 e. The number of nitrogens with zero attached hydrogens (tertiary/aromatic N) is 1. The number of rotatable bonds is 2. The summed E-state index contributed by atoms with van der Waals surface area (Å²) in [4.78, 5) is 2.63. The van der Waals surface area contributed by atoms with Crippen LogP contribution in [0.3, 0.4) is 0 Å². The lowest BCUT2D eigenvalue weighted by Gasteiger charge is -2.52. The summed E-state index contributed by atoms with van der Waals surface area (Å²) in [5.41, 5.74) is 1.03. The van der Waals surface area contributed by atoms with Gasteiger partial charge in [-0.25, -0.2) is 0 Å². The number of phenolic OH excluding ortho intramolecular Hbond substituents is 1. The van der Waals surface area contributed by atoms with Crippen molar-refractivity contribution in [3.05, 3.63) is 23.8 Å². The minimum absolute atomic E-state index is 0.105. The van der Waals surface area contributed by atoms with E-state index in [0.717, 1.165) is 43.8 Å². The molecule has 4 nitrogen and oxygen atoms in total. The van der Waals surface area contributed by atoms with Gasteiger partial charge in [0.1, 0.15) is 6.10 Å². The first-order valence-corrected chi connectivity index (χ1v) is 9.08. The van der Waals surface area contributed by atoms with Crippen LogP contribution in [0, 0.1) is 11.8 Å². The summed E-state index contributed by atoms with van der Waals surface area (Å²) in [7, 11) is 0. The van der Waals surface area contributed by atoms with Gasteiger partial charge in [0.25, 0.3) is 0 Å². The Morgan fingerprint density at radius 3 is 2.91 bits per heavy atom. The van der Waals surface area contributed by atoms with Crippen LogP contribution in [0.25, 0.3) is 0 Å². The summed E-state index contributed by atoms with van der Waals surface area (Å²) >= 11 is 0. The molecule has 1 saturated heterocycles. The van der Waals surface area contributed by atoms with E-state index in [1.165, 1.54) is 19.4 Å². The van der Waals surface area contributed by atoms with Crippen LogP contribution in [0.1, 0.15) is 37.7 Å². The smallest absolute Gasteiger partial charge is 0.165 e. The lowest BCUT2D eigenvalue weighted by atomic mass is 9.57. The molecule has 2 saturated carbocycles. The second-order valence-electron chi connectivity index (χ2n) is 8.03. The summed E-state index contributed by atoms with van der Waals surface area (Å²) in [5.74, 6) is 2.29. The number of fused-ring (bicyclic) bond motifs is 1. The van der Waals surface area contributed by atoms with E-state index in [2.05, 4.69) is 11.0 Å². The third-order valence-electron chi connectivity index (χ3n) is 6.67. The van der Waals surface area contributed by atoms with Gasteiger partial charge in [-0.1, -0.05) is 12.1 Å². The third kappa shape index (κ3) is 1.97. The van der Waals surface area contributed by atoms with Gasteiger partial charge in [-0.3, -0.25) is 0 Å². The van der Waals surface area contributed by atoms with Crippen molar-refractivity contribution in [2.24, 2.45) is 11.8 Å². The number of aromatic hydroxyl groups is 1. The maximum atomic E-state index is 10.6. The largest absolute Gasteiger partial charge is 0.504 e. The lowest BCUT2D eigenvalue weighted by molar-refractivity contribution is -0.0793. The SMILES string of the molecule is Oc1cccc2c1O[C@H]1[C@@H](O)CC[C@H]3CN(CC4CC4)CC[C@@]231. The second kappa shape index (κ2) is 4.87. The highest BCUT2D eigenvalue weighted by Gasteiger charge is 2.60. The summed E-state index contributed by atoms with van der Waals surface area (Å²) in [6.07, 6.45) is 5.07. The van der Waals surface area contributed by atoms with Crippen LogP contribution in [-0.4, -0.2) is 47.0 Å². The topological polar surface area (TPSA) is 52.9 Å². The third-order valence-corrected chi connectivity index (χ3v) is 6.67. The molecule has 1 aromatic rings. The highest BCUT2D eigenvalue weighted by atomic mass is 16.5. The number of piperidine rings is 1. The van der Waals surface area contributed by atoms with Gasteiger partial charge in [0.2, 0.25) is 0 Å². The fraction of sp³-hybridized carbons (Fsp3) is 0.684. The zero-order valence-corrected chi connectivity index (χ0v) is 13.4. The average Bonchev–Trinajstić information content (AvgIpc) is 3.29. The molecular formula is C19H25NO3. The maximum Gasteiger partial charge on any atom is 0.165 e. The Bertz CT molecular complexity index is 629. The second-order valence-corrected chi connectivity index (χ2v) is 8.03. The number of benzene rings is 1. The predicted octanol–water partition coefficient (Wildman–Crippen LogP) is 2.28. The number of likely N-dealkylation sites (tertiary alicyclic amines) is 1. The van der Waals surface area contributed by atoms with Crippen molar-refractivity contribution in [1.29, 1.82) is 0 Å². The van der Waals surface area contributed by atoms with Gasteiger partial charge in [-0.05, 0) is 56.6 Å². The predicted molar refractivity (Wildman–Crippen MR) is 86.7 cm³/mol. The zero-order chi connectivity index (χ0) is 15.6. The standard InChI is InChI=1S/C19H25NO3/c21-15-3-1-2-14-17(15)23-18-16(22)7-6-13-11-20(10-12-4-5-12)9-8-19(13,14)18/h1-3,12-13,16,18,21-22H,4-11H2/t13-,16-,18-,19-/m0/s1. The fourth-order valence-electron chi connectivity index (χ4n) is 5.37. The van der Waals surface area contributed by atoms with Crippen molar-refractivity contribution >= 4 is 0 Å². The number of hydrogen-bond acceptors (Lipinski definition) is 4. The molecule has 0 bridgehead atoms. The normalized spacial score (nSPS) is 39.3. The van der Waals surface area contributed by atoms with Gasteiger partial charge < -0.3 is 19.8 Å². The Kier molecular flexibility index (Phi) is 2.99. The molecule has 2 aliphatic heterocycles. The molecule has 5 rings (SSSR count). The molecular weight excluding hydrogens is 290 g/mol. The van der Waals surface area contributed by atoms with Crippen molar-refractivity contribution in [1.82, 2.24) is 4.90 Å². The minimum atomic E-state index is -0.423. The quantitative estimate of drug-likeness (QED) is 0.879. The van der Waals surface area contributed by atoms with Gasteiger partial charge in [0.05, 0.1) is 6.10 Å². The molecule has 0 aromatic heterocycles. The zero-order valence-electron chi connectivity index (χ0n) is 13.4. The van der Waals surface area contributed by atoms with E-state index >= 15 is 0 Å². The van der Waals surface area contributed by atoms with E-state index in [1.54, 1.807) is 6.07 Å². The first kappa shape index (κ1) is 14.1. The molecule has 3 fully saturated rings. The van der Waals surface area contributed by atoms with Gasteiger partial charge in [-0.15, -0.1) is 0 Å². The van der Waals surface area contributed by atoms with Crippen LogP contribution in [-0.2, 0) is 5.41 Å². The van der Waals surface area contributed by atoms with E-state index in [1.807, 2.05) is 6.07 Å². The van der Waals surface area contributed by atoms with Crippen LogP contribution >= 0.6 is 0 Å². The van der Waals surface area contributed by atoms with Gasteiger partial charge in [-0.2, -0.15) is 0 Å². The van der Waals surface area contributed by atoms with Crippen molar-refractivity contribution in [3.8, 4) is 11.5 Å². The Balaban J connectivity index is 1.53. The monoisotopic (exact) mass is 315 g/mol. The molecule has 0 amide bonds. The van der Waals surface area contributed by atoms with Gasteiger partial charge >= 0.3 is 0 Å². The van der Waals surface area contributed by atoms with Crippen molar-refractivity contribution in [2.75, 3.05) is 19.6 Å². The molecule has 4 atom stereocenters. The first-order chi connectivity index (χ1) is 11.2. The summed E-state index contributed by atoms with van der Waals surface area (Å²) in [6.45, 7) is 3.43. The summed E-state index contributed by atoms with van der Waals surface area (Å²) in [5, 5.41) is 20.8. The van der Waals surface area contributed by atoms with E-state index in [4.69, 9.17) is 4.74 Å². The van der Waals surface area contributed by atoms with Crippen molar-refractivity contribution < 1.29 is 14.9 Å². The summed E-state index contributed by atoms with van der Waals surface area (Å²) < 4.78 is 6.12. The molecule has 4 aliphatic rings. The molecule has 2 N–H and O–H groups in total. The molecule has 23 heavy (non-hydrogen) atoms. The lowest BCUT2D eigenvalue weighted by Crippen LogP contribution is -2.61. The molecule has 1 aromatic carbocycles. The van der Waals surface area contributed by atoms with Crippen molar-refractivity contribution in [2.45, 2.75) is 49.7 Å². The summed E-state index contributed by atoms with van der Waals surface area (Å²) in [6, 6.07) is 5.72. The Hall–Kier alpha value is -1.26. The van der Waals surface area contributed by atoms with Crippen LogP contribution in [0.4, 0.5) is 0 Å². The van der Waals surface area contributed by atoms with E-state index in [0.29, 0.717) is 11.7 Å². The Morgan fingerprint density at radius 2 is 2.09 bits per heavy atom. The van der Waals surface area contributed by atoms with Crippen LogP contribution < -0.4 is 4.74 Å². The average molecular weight is 315 g/mol. The molecule has 0 radical (unpaired) electrons. The number of para-hydroxylation sites is 1. The van der Waals surface area contributed by atoms with Crippen LogP contribution in [0.2, 0.25) is 0 Å². The number of hydrogen-bond donors (Lipinski definition) is 2. The van der Waals surface area contributed by atoms with Crippen LogP contribution in [0.15, 0.2) is 18.2 Å². The number of aliphatic hydroxyl groups excluding tert-OH is 1. The first-order valence-electron chi connectivity index (χ1n) is 9.08. The van der Waals surface area contributed by atoms with E-state index in [-0.39, 0.29) is 17.3 Å². The molecule has 2 aliphatic carbocycles. The van der Waals surface area contributed by atoms with Gasteiger partial charge in [0.15, 0.2) is 11.5 Å². The fourth-order valence-corrected chi connectivity index (χ4v) is 5.37. The Labute approximate surface area is 137 Å². The molecule has 4 heteroatoms. The number of phenols is 1.